The Hall–Kier alpha value is -1.02. The van der Waals surface area contributed by atoms with E-state index in [9.17, 15) is 0 Å². The molecule has 1 aromatic carbocycles. The quantitative estimate of drug-likeness (QED) is 0.761. The van der Waals surface area contributed by atoms with Crippen LogP contribution < -0.4 is 10.1 Å². The van der Waals surface area contributed by atoms with E-state index in [-0.39, 0.29) is 5.41 Å². The van der Waals surface area contributed by atoms with Gasteiger partial charge in [0.05, 0.1) is 6.61 Å². The molecule has 0 aliphatic carbocycles. The lowest BCUT2D eigenvalue weighted by atomic mass is 9.75. The van der Waals surface area contributed by atoms with Gasteiger partial charge in [-0.3, -0.25) is 0 Å². The summed E-state index contributed by atoms with van der Waals surface area (Å²) in [5.74, 6) is 0.962. The van der Waals surface area contributed by atoms with Crippen molar-refractivity contribution in [3.05, 3.63) is 29.8 Å². The second kappa shape index (κ2) is 7.54. The van der Waals surface area contributed by atoms with Crippen LogP contribution in [0, 0.1) is 0 Å². The largest absolute Gasteiger partial charge is 0.494 e. The summed E-state index contributed by atoms with van der Waals surface area (Å²) in [5.41, 5.74) is 1.64. The van der Waals surface area contributed by atoms with Crippen LogP contribution in [0.25, 0.3) is 0 Å². The second-order valence-electron chi connectivity index (χ2n) is 5.48. The van der Waals surface area contributed by atoms with E-state index in [1.165, 1.54) is 5.56 Å². The normalized spacial score (nSPS) is 11.9. The Morgan fingerprint density at radius 3 is 2.05 bits per heavy atom. The van der Waals surface area contributed by atoms with Crippen molar-refractivity contribution < 1.29 is 4.74 Å². The Balaban J connectivity index is 2.90. The second-order valence-corrected chi connectivity index (χ2v) is 5.48. The zero-order valence-electron chi connectivity index (χ0n) is 13.1. The van der Waals surface area contributed by atoms with Crippen molar-refractivity contribution in [3.63, 3.8) is 0 Å². The predicted octanol–water partition coefficient (Wildman–Crippen LogP) is 4.14. The Labute approximate surface area is 118 Å². The van der Waals surface area contributed by atoms with Gasteiger partial charge in [-0.2, -0.15) is 0 Å². The van der Waals surface area contributed by atoms with E-state index in [0.29, 0.717) is 6.04 Å². The molecule has 0 saturated heterocycles. The van der Waals surface area contributed by atoms with Crippen LogP contribution in [-0.2, 0) is 5.41 Å². The van der Waals surface area contributed by atoms with Crippen LogP contribution >= 0.6 is 0 Å². The Morgan fingerprint density at radius 1 is 1.05 bits per heavy atom. The van der Waals surface area contributed by atoms with Crippen LogP contribution in [0.4, 0.5) is 0 Å². The molecule has 0 atom stereocenters. The maximum Gasteiger partial charge on any atom is 0.119 e. The van der Waals surface area contributed by atoms with E-state index in [0.717, 1.165) is 31.7 Å². The van der Waals surface area contributed by atoms with Crippen molar-refractivity contribution in [3.8, 4) is 5.75 Å². The summed E-state index contributed by atoms with van der Waals surface area (Å²) in [5, 5.41) is 3.60. The number of hydrogen-bond donors (Lipinski definition) is 1. The summed E-state index contributed by atoms with van der Waals surface area (Å²) in [4.78, 5) is 0. The number of ether oxygens (including phenoxy) is 1. The van der Waals surface area contributed by atoms with Gasteiger partial charge >= 0.3 is 0 Å². The topological polar surface area (TPSA) is 21.3 Å². The molecule has 0 aliphatic rings. The molecule has 0 radical (unpaired) electrons. The van der Waals surface area contributed by atoms with Crippen LogP contribution in [0.1, 0.15) is 53.0 Å². The predicted molar refractivity (Wildman–Crippen MR) is 83.0 cm³/mol. The van der Waals surface area contributed by atoms with Crippen molar-refractivity contribution in [1.29, 1.82) is 0 Å². The standard InChI is InChI=1S/C17H29NO/c1-6-17(7-2,13-18-14(4)5)15-9-11-16(12-10-15)19-8-3/h9-12,14,18H,6-8,13H2,1-5H3. The molecule has 19 heavy (non-hydrogen) atoms. The highest BCUT2D eigenvalue weighted by Gasteiger charge is 2.28. The first kappa shape index (κ1) is 16.0. The Bertz CT molecular complexity index is 352. The molecule has 0 amide bonds. The average molecular weight is 263 g/mol. The highest BCUT2D eigenvalue weighted by atomic mass is 16.5. The van der Waals surface area contributed by atoms with Gasteiger partial charge in [-0.05, 0) is 37.5 Å². The van der Waals surface area contributed by atoms with Gasteiger partial charge in [0.1, 0.15) is 5.75 Å². The van der Waals surface area contributed by atoms with E-state index >= 15 is 0 Å². The number of rotatable bonds is 8. The van der Waals surface area contributed by atoms with Gasteiger partial charge in [-0.15, -0.1) is 0 Å². The van der Waals surface area contributed by atoms with Crippen molar-refractivity contribution in [2.75, 3.05) is 13.2 Å². The zero-order valence-corrected chi connectivity index (χ0v) is 13.1. The van der Waals surface area contributed by atoms with Crippen LogP contribution in [0.5, 0.6) is 5.75 Å². The maximum absolute atomic E-state index is 5.52. The number of hydrogen-bond acceptors (Lipinski definition) is 2. The fourth-order valence-corrected chi connectivity index (χ4v) is 2.48. The highest BCUT2D eigenvalue weighted by Crippen LogP contribution is 2.32. The van der Waals surface area contributed by atoms with Gasteiger partial charge in [0.15, 0.2) is 0 Å². The molecule has 2 nitrogen and oxygen atoms in total. The molecular weight excluding hydrogens is 234 g/mol. The first-order valence-corrected chi connectivity index (χ1v) is 7.54. The highest BCUT2D eigenvalue weighted by molar-refractivity contribution is 5.32. The Kier molecular flexibility index (Phi) is 6.36. The summed E-state index contributed by atoms with van der Waals surface area (Å²) < 4.78 is 5.52. The van der Waals surface area contributed by atoms with Crippen LogP contribution in [0.3, 0.4) is 0 Å². The van der Waals surface area contributed by atoms with Crippen LogP contribution in [0.15, 0.2) is 24.3 Å². The van der Waals surface area contributed by atoms with E-state index in [2.05, 4.69) is 57.3 Å². The van der Waals surface area contributed by atoms with E-state index in [1.54, 1.807) is 0 Å². The summed E-state index contributed by atoms with van der Waals surface area (Å²) >= 11 is 0. The molecule has 0 heterocycles. The van der Waals surface area contributed by atoms with Gasteiger partial charge in [-0.25, -0.2) is 0 Å². The molecule has 1 N–H and O–H groups in total. The van der Waals surface area contributed by atoms with Crippen molar-refractivity contribution in [2.24, 2.45) is 0 Å². The molecule has 0 aromatic heterocycles. The minimum atomic E-state index is 0.231. The van der Waals surface area contributed by atoms with E-state index in [4.69, 9.17) is 4.74 Å². The maximum atomic E-state index is 5.52. The van der Waals surface area contributed by atoms with Gasteiger partial charge in [0.2, 0.25) is 0 Å². The fraction of sp³-hybridized carbons (Fsp3) is 0.647. The average Bonchev–Trinajstić information content (AvgIpc) is 2.42. The van der Waals surface area contributed by atoms with Gasteiger partial charge < -0.3 is 10.1 Å². The molecule has 0 aliphatic heterocycles. The molecular formula is C17H29NO. The van der Waals surface area contributed by atoms with Crippen LogP contribution in [-0.4, -0.2) is 19.2 Å². The van der Waals surface area contributed by atoms with Crippen LogP contribution in [0.2, 0.25) is 0 Å². The van der Waals surface area contributed by atoms with Gasteiger partial charge in [0.25, 0.3) is 0 Å². The third kappa shape index (κ3) is 4.24. The minimum absolute atomic E-state index is 0.231. The lowest BCUT2D eigenvalue weighted by Gasteiger charge is -2.33. The lowest BCUT2D eigenvalue weighted by molar-refractivity contribution is 0.337. The smallest absolute Gasteiger partial charge is 0.119 e. The summed E-state index contributed by atoms with van der Waals surface area (Å²) in [6, 6.07) is 9.16. The molecule has 2 heteroatoms. The zero-order chi connectivity index (χ0) is 14.3. The first-order valence-electron chi connectivity index (χ1n) is 7.54. The number of nitrogens with one attached hydrogen (secondary N) is 1. The minimum Gasteiger partial charge on any atom is -0.494 e. The fourth-order valence-electron chi connectivity index (χ4n) is 2.48. The number of benzene rings is 1. The third-order valence-corrected chi connectivity index (χ3v) is 3.98. The summed E-state index contributed by atoms with van der Waals surface area (Å²) in [7, 11) is 0. The Morgan fingerprint density at radius 2 is 1.63 bits per heavy atom. The molecule has 0 saturated carbocycles. The van der Waals surface area contributed by atoms with Crippen molar-refractivity contribution in [1.82, 2.24) is 5.32 Å². The van der Waals surface area contributed by atoms with Crippen molar-refractivity contribution in [2.45, 2.75) is 58.9 Å². The summed E-state index contributed by atoms with van der Waals surface area (Å²) in [6.45, 7) is 12.7. The molecule has 1 rings (SSSR count). The molecule has 0 unspecified atom stereocenters. The van der Waals surface area contributed by atoms with E-state index < -0.39 is 0 Å². The molecule has 0 fully saturated rings. The van der Waals surface area contributed by atoms with Gasteiger partial charge in [0, 0.05) is 18.0 Å². The first-order chi connectivity index (χ1) is 9.07. The molecule has 0 bridgehead atoms. The van der Waals surface area contributed by atoms with E-state index in [1.807, 2.05) is 6.92 Å². The molecule has 108 valence electrons. The SMILES string of the molecule is CCOc1ccc(C(CC)(CC)CNC(C)C)cc1. The lowest BCUT2D eigenvalue weighted by Crippen LogP contribution is -2.40. The molecule has 1 aromatic rings. The van der Waals surface area contributed by atoms with Crippen molar-refractivity contribution >= 4 is 0 Å². The summed E-state index contributed by atoms with van der Waals surface area (Å²) in [6.07, 6.45) is 2.30. The molecule has 0 spiro atoms. The monoisotopic (exact) mass is 263 g/mol. The van der Waals surface area contributed by atoms with Gasteiger partial charge in [-0.1, -0.05) is 39.8 Å². The third-order valence-electron chi connectivity index (χ3n) is 3.98.